The maximum absolute atomic E-state index is 13.7. The predicted octanol–water partition coefficient (Wildman–Crippen LogP) is 4.56. The maximum atomic E-state index is 13.7. The minimum absolute atomic E-state index is 0.0718. The molecule has 2 aromatic rings. The van der Waals surface area contributed by atoms with Gasteiger partial charge in [-0.05, 0) is 31.2 Å². The number of hydrogen-bond acceptors (Lipinski definition) is 4. The van der Waals surface area contributed by atoms with Crippen molar-refractivity contribution in [2.24, 2.45) is 0 Å². The van der Waals surface area contributed by atoms with Gasteiger partial charge >= 0.3 is 0 Å². The van der Waals surface area contributed by atoms with E-state index in [4.69, 9.17) is 16.3 Å². The lowest BCUT2D eigenvalue weighted by Gasteiger charge is -2.15. The van der Waals surface area contributed by atoms with Crippen LogP contribution in [0.1, 0.15) is 6.92 Å². The average Bonchev–Trinajstić information content (AvgIpc) is 2.51. The normalized spacial score (nSPS) is 11.7. The van der Waals surface area contributed by atoms with Crippen LogP contribution in [0.15, 0.2) is 40.9 Å². The second-order valence-corrected chi connectivity index (χ2v) is 6.07. The molecule has 0 bridgehead atoms. The van der Waals surface area contributed by atoms with Crippen LogP contribution < -0.4 is 10.1 Å². The molecule has 0 saturated carbocycles. The van der Waals surface area contributed by atoms with E-state index in [1.165, 1.54) is 31.2 Å². The van der Waals surface area contributed by atoms with E-state index in [-0.39, 0.29) is 22.1 Å². The number of ether oxygens (including phenoxy) is 1. The number of carbonyl (C=O) groups is 1. The quantitative estimate of drug-likeness (QED) is 0.571. The summed E-state index contributed by atoms with van der Waals surface area (Å²) in [7, 11) is 0. The zero-order chi connectivity index (χ0) is 17.9. The van der Waals surface area contributed by atoms with Crippen molar-refractivity contribution in [3.8, 4) is 5.75 Å². The van der Waals surface area contributed by atoms with Crippen LogP contribution in [0.25, 0.3) is 0 Å². The van der Waals surface area contributed by atoms with Gasteiger partial charge in [-0.2, -0.15) is 0 Å². The van der Waals surface area contributed by atoms with Gasteiger partial charge in [0.15, 0.2) is 17.7 Å². The van der Waals surface area contributed by atoms with Gasteiger partial charge in [0.1, 0.15) is 0 Å². The molecule has 0 aliphatic heterocycles. The van der Waals surface area contributed by atoms with Crippen molar-refractivity contribution in [1.29, 1.82) is 0 Å². The molecule has 0 spiro atoms. The number of nitrogens with one attached hydrogen (secondary N) is 1. The number of nitrogens with zero attached hydrogens (tertiary/aromatic N) is 1. The Kier molecular flexibility index (Phi) is 5.74. The van der Waals surface area contributed by atoms with Crippen LogP contribution in [0.4, 0.5) is 15.8 Å². The molecule has 0 aromatic heterocycles. The van der Waals surface area contributed by atoms with E-state index in [0.717, 1.165) is 6.07 Å². The Hall–Kier alpha value is -2.19. The van der Waals surface area contributed by atoms with Gasteiger partial charge < -0.3 is 10.1 Å². The molecule has 24 heavy (non-hydrogen) atoms. The standard InChI is InChI=1S/C15H11BrClFN2O4/c1-8(24-14-5-2-9(16)6-12(14)18)15(21)19-13-7-10(20(22)23)3-4-11(13)17/h2-8H,1H3,(H,19,21). The van der Waals surface area contributed by atoms with Crippen LogP contribution in [0.2, 0.25) is 5.02 Å². The molecule has 0 fully saturated rings. The minimum Gasteiger partial charge on any atom is -0.478 e. The minimum atomic E-state index is -1.05. The topological polar surface area (TPSA) is 81.5 Å². The summed E-state index contributed by atoms with van der Waals surface area (Å²) in [5.41, 5.74) is -0.148. The number of carbonyl (C=O) groups excluding carboxylic acids is 1. The van der Waals surface area contributed by atoms with Gasteiger partial charge in [0.2, 0.25) is 0 Å². The van der Waals surface area contributed by atoms with Crippen molar-refractivity contribution < 1.29 is 18.8 Å². The third-order valence-corrected chi connectivity index (χ3v) is 3.81. The third kappa shape index (κ3) is 4.42. The second-order valence-electron chi connectivity index (χ2n) is 4.75. The van der Waals surface area contributed by atoms with Gasteiger partial charge in [0.25, 0.3) is 11.6 Å². The van der Waals surface area contributed by atoms with Crippen molar-refractivity contribution in [1.82, 2.24) is 0 Å². The van der Waals surface area contributed by atoms with E-state index < -0.39 is 22.8 Å². The van der Waals surface area contributed by atoms with Crippen LogP contribution >= 0.6 is 27.5 Å². The Morgan fingerprint density at radius 3 is 2.71 bits per heavy atom. The van der Waals surface area contributed by atoms with Gasteiger partial charge in [-0.1, -0.05) is 27.5 Å². The van der Waals surface area contributed by atoms with Crippen molar-refractivity contribution in [2.45, 2.75) is 13.0 Å². The number of non-ortho nitro benzene ring substituents is 1. The SMILES string of the molecule is CC(Oc1ccc(Br)cc1F)C(=O)Nc1cc([N+](=O)[O-])ccc1Cl. The molecule has 1 unspecified atom stereocenters. The van der Waals surface area contributed by atoms with E-state index in [9.17, 15) is 19.3 Å². The van der Waals surface area contributed by atoms with Crippen LogP contribution in [0.3, 0.4) is 0 Å². The molecule has 0 heterocycles. The fourth-order valence-corrected chi connectivity index (χ4v) is 2.27. The lowest BCUT2D eigenvalue weighted by molar-refractivity contribution is -0.384. The number of benzene rings is 2. The highest BCUT2D eigenvalue weighted by Crippen LogP contribution is 2.27. The summed E-state index contributed by atoms with van der Waals surface area (Å²) >= 11 is 9.03. The summed E-state index contributed by atoms with van der Waals surface area (Å²) in [6.45, 7) is 1.42. The Bertz CT molecular complexity index is 803. The van der Waals surface area contributed by atoms with Gasteiger partial charge in [0, 0.05) is 16.6 Å². The van der Waals surface area contributed by atoms with Crippen molar-refractivity contribution in [3.63, 3.8) is 0 Å². The molecule has 1 N–H and O–H groups in total. The number of hydrogen-bond donors (Lipinski definition) is 1. The Labute approximate surface area is 149 Å². The van der Waals surface area contributed by atoms with Gasteiger partial charge in [-0.25, -0.2) is 4.39 Å². The molecule has 1 atom stereocenters. The molecule has 0 saturated heterocycles. The van der Waals surface area contributed by atoms with E-state index in [0.29, 0.717) is 4.47 Å². The molecule has 6 nitrogen and oxygen atoms in total. The van der Waals surface area contributed by atoms with E-state index in [1.54, 1.807) is 6.07 Å². The molecular weight excluding hydrogens is 407 g/mol. The second kappa shape index (κ2) is 7.59. The van der Waals surface area contributed by atoms with E-state index >= 15 is 0 Å². The first kappa shape index (κ1) is 18.2. The lowest BCUT2D eigenvalue weighted by atomic mass is 10.2. The van der Waals surface area contributed by atoms with Crippen molar-refractivity contribution in [3.05, 3.63) is 61.8 Å². The molecule has 0 aliphatic rings. The summed E-state index contributed by atoms with van der Waals surface area (Å²) in [5, 5.41) is 13.3. The van der Waals surface area contributed by atoms with E-state index in [1.807, 2.05) is 0 Å². The number of nitro benzene ring substituents is 1. The largest absolute Gasteiger partial charge is 0.478 e. The summed E-state index contributed by atoms with van der Waals surface area (Å²) in [4.78, 5) is 22.3. The Morgan fingerprint density at radius 2 is 2.08 bits per heavy atom. The Balaban J connectivity index is 2.11. The molecule has 9 heteroatoms. The third-order valence-electron chi connectivity index (χ3n) is 2.99. The van der Waals surface area contributed by atoms with Crippen LogP contribution in [-0.2, 0) is 4.79 Å². The number of anilines is 1. The first-order valence-electron chi connectivity index (χ1n) is 6.64. The molecule has 1 amide bonds. The summed E-state index contributed by atoms with van der Waals surface area (Å²) in [5.74, 6) is -1.34. The monoisotopic (exact) mass is 416 g/mol. The summed E-state index contributed by atoms with van der Waals surface area (Å²) < 4.78 is 19.5. The highest BCUT2D eigenvalue weighted by Gasteiger charge is 2.19. The van der Waals surface area contributed by atoms with Gasteiger partial charge in [0.05, 0.1) is 15.6 Å². The number of amides is 1. The average molecular weight is 418 g/mol. The predicted molar refractivity (Wildman–Crippen MR) is 90.9 cm³/mol. The van der Waals surface area contributed by atoms with Crippen molar-refractivity contribution in [2.75, 3.05) is 5.32 Å². The highest BCUT2D eigenvalue weighted by molar-refractivity contribution is 9.10. The maximum Gasteiger partial charge on any atom is 0.271 e. The first-order chi connectivity index (χ1) is 11.3. The highest BCUT2D eigenvalue weighted by atomic mass is 79.9. The molecule has 2 rings (SSSR count). The van der Waals surface area contributed by atoms with Crippen LogP contribution in [0, 0.1) is 15.9 Å². The van der Waals surface area contributed by atoms with Crippen LogP contribution in [-0.4, -0.2) is 16.9 Å². The molecular formula is C15H11BrClFN2O4. The Morgan fingerprint density at radius 1 is 1.38 bits per heavy atom. The van der Waals surface area contributed by atoms with Gasteiger partial charge in [-0.3, -0.25) is 14.9 Å². The van der Waals surface area contributed by atoms with Gasteiger partial charge in [-0.15, -0.1) is 0 Å². The molecule has 2 aromatic carbocycles. The summed E-state index contributed by atoms with van der Waals surface area (Å²) in [6.07, 6.45) is -1.05. The smallest absolute Gasteiger partial charge is 0.271 e. The number of nitro groups is 1. The molecule has 0 radical (unpaired) electrons. The number of rotatable bonds is 5. The first-order valence-corrected chi connectivity index (χ1v) is 7.81. The fraction of sp³-hybridized carbons (Fsp3) is 0.133. The lowest BCUT2D eigenvalue weighted by Crippen LogP contribution is -2.30. The molecule has 0 aliphatic carbocycles. The molecule has 126 valence electrons. The fourth-order valence-electron chi connectivity index (χ4n) is 1.77. The van der Waals surface area contributed by atoms with E-state index in [2.05, 4.69) is 21.2 Å². The summed E-state index contributed by atoms with van der Waals surface area (Å²) in [6, 6.07) is 7.80. The number of halogens is 3. The zero-order valence-corrected chi connectivity index (χ0v) is 14.6. The van der Waals surface area contributed by atoms with Crippen LogP contribution in [0.5, 0.6) is 5.75 Å². The van der Waals surface area contributed by atoms with Crippen molar-refractivity contribution >= 4 is 44.8 Å². The zero-order valence-electron chi connectivity index (χ0n) is 12.3.